The minimum atomic E-state index is -0.776. The molecule has 0 spiro atoms. The number of rotatable bonds is 3. The quantitative estimate of drug-likeness (QED) is 0.736. The number of nitrogens with two attached hydrogens (primary N) is 1. The Morgan fingerprint density at radius 3 is 2.77 bits per heavy atom. The summed E-state index contributed by atoms with van der Waals surface area (Å²) in [6, 6.07) is 11.3. The van der Waals surface area contributed by atoms with Crippen molar-refractivity contribution in [1.82, 2.24) is 19.7 Å². The Labute approximate surface area is 154 Å². The van der Waals surface area contributed by atoms with Crippen LogP contribution in [-0.2, 0) is 13.1 Å². The van der Waals surface area contributed by atoms with Gasteiger partial charge < -0.3 is 15.7 Å². The fourth-order valence-corrected chi connectivity index (χ4v) is 3.96. The first-order valence-corrected chi connectivity index (χ1v) is 9.16. The van der Waals surface area contributed by atoms with Crippen LogP contribution in [0.3, 0.4) is 0 Å². The molecule has 7 nitrogen and oxygen atoms in total. The van der Waals surface area contributed by atoms with Crippen LogP contribution in [0.5, 0.6) is 0 Å². The number of aromatic nitrogens is 3. The van der Waals surface area contributed by atoms with Gasteiger partial charge in [0.15, 0.2) is 5.13 Å². The van der Waals surface area contributed by atoms with Crippen molar-refractivity contribution >= 4 is 22.4 Å². The normalized spacial score (nSPS) is 14.9. The van der Waals surface area contributed by atoms with Crippen LogP contribution in [0.4, 0.5) is 5.13 Å². The van der Waals surface area contributed by atoms with Crippen LogP contribution in [0.25, 0.3) is 0 Å². The van der Waals surface area contributed by atoms with E-state index >= 15 is 0 Å². The van der Waals surface area contributed by atoms with E-state index in [1.807, 2.05) is 41.1 Å². The topological polar surface area (TPSA) is 97.3 Å². The van der Waals surface area contributed by atoms with Gasteiger partial charge in [-0.05, 0) is 18.6 Å². The number of hydrogen-bond acceptors (Lipinski definition) is 6. The van der Waals surface area contributed by atoms with Crippen molar-refractivity contribution in [2.75, 3.05) is 12.3 Å². The zero-order chi connectivity index (χ0) is 18.3. The molecule has 0 unspecified atom stereocenters. The second kappa shape index (κ2) is 6.54. The highest BCUT2D eigenvalue weighted by Crippen LogP contribution is 2.26. The minimum Gasteiger partial charge on any atom is -0.382 e. The van der Waals surface area contributed by atoms with Crippen LogP contribution in [0.2, 0.25) is 0 Å². The van der Waals surface area contributed by atoms with Gasteiger partial charge in [0.05, 0.1) is 30.2 Å². The number of benzene rings is 1. The van der Waals surface area contributed by atoms with Gasteiger partial charge in [-0.1, -0.05) is 41.7 Å². The lowest BCUT2D eigenvalue weighted by molar-refractivity contribution is 0.0710. The van der Waals surface area contributed by atoms with E-state index in [2.05, 4.69) is 10.1 Å². The highest BCUT2D eigenvalue weighted by atomic mass is 32.1. The molecule has 1 aliphatic heterocycles. The lowest BCUT2D eigenvalue weighted by atomic mass is 10.1. The van der Waals surface area contributed by atoms with Crippen LogP contribution in [0, 0.1) is 6.92 Å². The minimum absolute atomic E-state index is 0.0608. The molecule has 1 aromatic carbocycles. The molecule has 0 saturated carbocycles. The Balaban J connectivity index is 1.55. The van der Waals surface area contributed by atoms with Crippen molar-refractivity contribution < 1.29 is 9.90 Å². The molecule has 26 heavy (non-hydrogen) atoms. The van der Waals surface area contributed by atoms with Gasteiger partial charge in [0.1, 0.15) is 11.0 Å². The lowest BCUT2D eigenvalue weighted by Gasteiger charge is -2.27. The molecule has 8 heteroatoms. The molecular formula is C18H19N5O2S. The number of aliphatic hydroxyl groups is 1. The van der Waals surface area contributed by atoms with E-state index in [4.69, 9.17) is 5.73 Å². The van der Waals surface area contributed by atoms with Crippen LogP contribution in [-0.4, -0.2) is 37.2 Å². The van der Waals surface area contributed by atoms with E-state index < -0.39 is 6.10 Å². The standard InChI is InChI=1S/C18H19N5O2S/c1-11-16(26-18(19)20-11)17(25)22-7-8-23-13(10-22)9-14(21-23)15(24)12-5-3-2-4-6-12/h2-6,9,15,24H,7-8,10H2,1H3,(H2,19,20)/t15-/m1/s1. The Morgan fingerprint density at radius 2 is 2.08 bits per heavy atom. The average Bonchev–Trinajstić information content (AvgIpc) is 3.23. The second-order valence-corrected chi connectivity index (χ2v) is 7.32. The van der Waals surface area contributed by atoms with Gasteiger partial charge >= 0.3 is 0 Å². The third-order valence-corrected chi connectivity index (χ3v) is 5.48. The Morgan fingerprint density at radius 1 is 1.31 bits per heavy atom. The summed E-state index contributed by atoms with van der Waals surface area (Å²) in [4.78, 5) is 19.3. The zero-order valence-corrected chi connectivity index (χ0v) is 15.1. The monoisotopic (exact) mass is 369 g/mol. The van der Waals surface area contributed by atoms with Crippen LogP contribution in [0.15, 0.2) is 36.4 Å². The van der Waals surface area contributed by atoms with Crippen LogP contribution < -0.4 is 5.73 Å². The van der Waals surface area contributed by atoms with E-state index in [0.29, 0.717) is 41.0 Å². The number of aryl methyl sites for hydroxylation is 1. The summed E-state index contributed by atoms with van der Waals surface area (Å²) in [5.41, 5.74) is 8.67. The number of hydrogen-bond donors (Lipinski definition) is 2. The average molecular weight is 369 g/mol. The molecule has 1 amide bonds. The van der Waals surface area contributed by atoms with Gasteiger partial charge in [-0.25, -0.2) is 4.98 Å². The number of nitrogen functional groups attached to an aromatic ring is 1. The Bertz CT molecular complexity index is 950. The first kappa shape index (κ1) is 16.7. The van der Waals surface area contributed by atoms with E-state index in [0.717, 1.165) is 11.3 Å². The summed E-state index contributed by atoms with van der Waals surface area (Å²) in [5.74, 6) is -0.0608. The third-order valence-electron chi connectivity index (χ3n) is 4.51. The first-order chi connectivity index (χ1) is 12.5. The molecule has 0 fully saturated rings. The Hall–Kier alpha value is -2.71. The summed E-state index contributed by atoms with van der Waals surface area (Å²) in [7, 11) is 0. The van der Waals surface area contributed by atoms with E-state index in [1.165, 1.54) is 11.3 Å². The fraction of sp³-hybridized carbons (Fsp3) is 0.278. The number of nitrogens with zero attached hydrogens (tertiary/aromatic N) is 4. The predicted molar refractivity (Wildman–Crippen MR) is 98.7 cm³/mol. The summed E-state index contributed by atoms with van der Waals surface area (Å²) in [6.45, 7) is 3.40. The van der Waals surface area contributed by atoms with Crippen molar-refractivity contribution in [2.45, 2.75) is 26.1 Å². The van der Waals surface area contributed by atoms with Crippen molar-refractivity contribution in [2.24, 2.45) is 0 Å². The number of carbonyl (C=O) groups is 1. The second-order valence-electron chi connectivity index (χ2n) is 6.29. The van der Waals surface area contributed by atoms with Gasteiger partial charge in [-0.2, -0.15) is 5.10 Å². The maximum atomic E-state index is 12.8. The van der Waals surface area contributed by atoms with Gasteiger partial charge in [0.25, 0.3) is 5.91 Å². The number of fused-ring (bicyclic) bond motifs is 1. The smallest absolute Gasteiger partial charge is 0.266 e. The summed E-state index contributed by atoms with van der Waals surface area (Å²) < 4.78 is 1.86. The Kier molecular flexibility index (Phi) is 4.21. The molecule has 4 rings (SSSR count). The SMILES string of the molecule is Cc1nc(N)sc1C(=O)N1CCn2nc([C@H](O)c3ccccc3)cc2C1. The lowest BCUT2D eigenvalue weighted by Crippen LogP contribution is -2.38. The van der Waals surface area contributed by atoms with E-state index in [1.54, 1.807) is 11.8 Å². The third kappa shape index (κ3) is 2.97. The molecule has 0 saturated heterocycles. The molecular weight excluding hydrogens is 350 g/mol. The predicted octanol–water partition coefficient (Wildman–Crippen LogP) is 1.97. The van der Waals surface area contributed by atoms with Gasteiger partial charge in [0, 0.05) is 6.54 Å². The number of aliphatic hydroxyl groups excluding tert-OH is 1. The van der Waals surface area contributed by atoms with Gasteiger partial charge in [0.2, 0.25) is 0 Å². The molecule has 1 atom stereocenters. The molecule has 0 radical (unpaired) electrons. The van der Waals surface area contributed by atoms with Crippen LogP contribution in [0.1, 0.15) is 38.4 Å². The largest absolute Gasteiger partial charge is 0.382 e. The van der Waals surface area contributed by atoms with E-state index in [-0.39, 0.29) is 5.91 Å². The van der Waals surface area contributed by atoms with Crippen molar-refractivity contribution in [1.29, 1.82) is 0 Å². The summed E-state index contributed by atoms with van der Waals surface area (Å²) >= 11 is 1.22. The summed E-state index contributed by atoms with van der Waals surface area (Å²) in [5, 5.41) is 15.5. The number of carbonyl (C=O) groups excluding carboxylic acids is 1. The van der Waals surface area contributed by atoms with Crippen molar-refractivity contribution in [3.63, 3.8) is 0 Å². The van der Waals surface area contributed by atoms with Gasteiger partial charge in [-0.15, -0.1) is 0 Å². The zero-order valence-electron chi connectivity index (χ0n) is 14.3. The maximum Gasteiger partial charge on any atom is 0.266 e. The highest BCUT2D eigenvalue weighted by molar-refractivity contribution is 7.17. The number of amides is 1. The summed E-state index contributed by atoms with van der Waals surface area (Å²) in [6.07, 6.45) is -0.776. The number of thiazole rings is 1. The molecule has 3 aromatic rings. The fourth-order valence-electron chi connectivity index (χ4n) is 3.16. The first-order valence-electron chi connectivity index (χ1n) is 8.34. The van der Waals surface area contributed by atoms with Crippen LogP contribution >= 0.6 is 11.3 Å². The van der Waals surface area contributed by atoms with Gasteiger partial charge in [-0.3, -0.25) is 9.48 Å². The molecule has 0 bridgehead atoms. The highest BCUT2D eigenvalue weighted by Gasteiger charge is 2.27. The number of anilines is 1. The maximum absolute atomic E-state index is 12.8. The molecule has 2 aromatic heterocycles. The van der Waals surface area contributed by atoms with Crippen molar-refractivity contribution in [3.05, 3.63) is 63.9 Å². The molecule has 0 aliphatic carbocycles. The van der Waals surface area contributed by atoms with E-state index in [9.17, 15) is 9.90 Å². The van der Waals surface area contributed by atoms with Crippen molar-refractivity contribution in [3.8, 4) is 0 Å². The molecule has 3 N–H and O–H groups in total. The molecule has 1 aliphatic rings. The molecule has 134 valence electrons. The molecule has 3 heterocycles.